The summed E-state index contributed by atoms with van der Waals surface area (Å²) in [5, 5.41) is 13.9. The number of halogens is 1. The van der Waals surface area contributed by atoms with Crippen molar-refractivity contribution in [1.29, 1.82) is 0 Å². The number of nitrogens with zero attached hydrogens (tertiary/aromatic N) is 3. The summed E-state index contributed by atoms with van der Waals surface area (Å²) < 4.78 is 21.2. The molecule has 7 heteroatoms. The summed E-state index contributed by atoms with van der Waals surface area (Å²) in [4.78, 5) is 13.8. The molecule has 1 N–H and O–H groups in total. The largest absolute Gasteiger partial charge is 0.508 e. The number of carbonyl (C=O) groups excluding carboxylic acids is 1. The van der Waals surface area contributed by atoms with Crippen LogP contribution in [-0.4, -0.2) is 44.6 Å². The Kier molecular flexibility index (Phi) is 4.89. The average molecular weight is 361 g/mol. The summed E-state index contributed by atoms with van der Waals surface area (Å²) in [6, 6.07) is 4.08. The van der Waals surface area contributed by atoms with Crippen LogP contribution in [0.3, 0.4) is 0 Å². The molecule has 1 aliphatic rings. The van der Waals surface area contributed by atoms with Gasteiger partial charge in [-0.25, -0.2) is 9.18 Å². The van der Waals surface area contributed by atoms with E-state index in [4.69, 9.17) is 4.74 Å². The van der Waals surface area contributed by atoms with Crippen molar-refractivity contribution in [2.24, 2.45) is 0 Å². The normalized spacial score (nSPS) is 15.9. The van der Waals surface area contributed by atoms with Gasteiger partial charge in [0.15, 0.2) is 0 Å². The predicted octanol–water partition coefficient (Wildman–Crippen LogP) is 3.97. The number of amides is 1. The van der Waals surface area contributed by atoms with Crippen molar-refractivity contribution in [2.75, 3.05) is 13.1 Å². The Morgan fingerprint density at radius 2 is 2.00 bits per heavy atom. The van der Waals surface area contributed by atoms with Gasteiger partial charge in [-0.1, -0.05) is 0 Å². The van der Waals surface area contributed by atoms with E-state index in [-0.39, 0.29) is 17.9 Å². The number of hydrogen-bond donors (Lipinski definition) is 1. The van der Waals surface area contributed by atoms with Gasteiger partial charge in [0, 0.05) is 30.4 Å². The lowest BCUT2D eigenvalue weighted by molar-refractivity contribution is 0.0185. The van der Waals surface area contributed by atoms with Crippen molar-refractivity contribution in [1.82, 2.24) is 14.7 Å². The van der Waals surface area contributed by atoms with Crippen molar-refractivity contribution >= 4 is 6.09 Å². The van der Waals surface area contributed by atoms with E-state index in [2.05, 4.69) is 5.10 Å². The van der Waals surface area contributed by atoms with E-state index in [1.807, 2.05) is 25.5 Å². The molecule has 0 spiro atoms. The van der Waals surface area contributed by atoms with Crippen LogP contribution in [0.2, 0.25) is 0 Å². The molecule has 0 saturated carbocycles. The summed E-state index contributed by atoms with van der Waals surface area (Å²) in [5.41, 5.74) is 0.436. The number of aromatic hydroxyl groups is 1. The summed E-state index contributed by atoms with van der Waals surface area (Å²) >= 11 is 0. The number of phenolic OH excluding ortho intramolecular Hbond substituents is 1. The van der Waals surface area contributed by atoms with E-state index in [1.54, 1.807) is 17.3 Å². The van der Waals surface area contributed by atoms with Gasteiger partial charge >= 0.3 is 6.09 Å². The first-order valence-electron chi connectivity index (χ1n) is 8.74. The van der Waals surface area contributed by atoms with Crippen molar-refractivity contribution in [2.45, 2.75) is 45.3 Å². The molecule has 1 aromatic carbocycles. The van der Waals surface area contributed by atoms with Crippen LogP contribution in [0.5, 0.6) is 5.75 Å². The molecule has 140 valence electrons. The molecule has 26 heavy (non-hydrogen) atoms. The van der Waals surface area contributed by atoms with Crippen LogP contribution in [0.4, 0.5) is 9.18 Å². The molecular weight excluding hydrogens is 337 g/mol. The lowest BCUT2D eigenvalue weighted by atomic mass is 10.1. The lowest BCUT2D eigenvalue weighted by Gasteiger charge is -2.33. The lowest BCUT2D eigenvalue weighted by Crippen LogP contribution is -2.42. The predicted molar refractivity (Wildman–Crippen MR) is 95.4 cm³/mol. The first kappa shape index (κ1) is 18.2. The first-order chi connectivity index (χ1) is 12.2. The van der Waals surface area contributed by atoms with Gasteiger partial charge in [-0.05, 0) is 51.8 Å². The van der Waals surface area contributed by atoms with E-state index >= 15 is 0 Å². The second-order valence-electron chi connectivity index (χ2n) is 7.57. The fraction of sp³-hybridized carbons (Fsp3) is 0.474. The van der Waals surface area contributed by atoms with Gasteiger partial charge in [0.05, 0.1) is 12.2 Å². The number of piperidine rings is 1. The quantitative estimate of drug-likeness (QED) is 0.879. The van der Waals surface area contributed by atoms with E-state index in [9.17, 15) is 14.3 Å². The smallest absolute Gasteiger partial charge is 0.410 e. The number of ether oxygens (including phenoxy) is 1. The summed E-state index contributed by atoms with van der Waals surface area (Å²) in [7, 11) is 0. The van der Waals surface area contributed by atoms with Crippen LogP contribution >= 0.6 is 0 Å². The van der Waals surface area contributed by atoms with Crippen LogP contribution in [0.15, 0.2) is 30.6 Å². The Hall–Kier alpha value is -2.57. The standard InChI is InChI=1S/C19H24FN3O3/c1-19(2,3)26-18(25)22-8-6-14(7-9-22)23-12-13(11-21-23)16-10-15(24)4-5-17(16)20/h4-5,10-12,14,24H,6-9H2,1-3H3. The third-order valence-electron chi connectivity index (χ3n) is 4.35. The molecule has 1 amide bonds. The number of carbonyl (C=O) groups is 1. The number of rotatable bonds is 2. The van der Waals surface area contributed by atoms with Gasteiger partial charge in [0.1, 0.15) is 17.2 Å². The number of phenols is 1. The molecule has 3 rings (SSSR count). The minimum absolute atomic E-state index is 0.0137. The third kappa shape index (κ3) is 4.15. The zero-order valence-electron chi connectivity index (χ0n) is 15.3. The maximum Gasteiger partial charge on any atom is 0.410 e. The minimum Gasteiger partial charge on any atom is -0.508 e. The molecule has 1 aliphatic heterocycles. The Morgan fingerprint density at radius 3 is 2.65 bits per heavy atom. The van der Waals surface area contributed by atoms with E-state index in [1.165, 1.54) is 18.2 Å². The SMILES string of the molecule is CC(C)(C)OC(=O)N1CCC(n2cc(-c3cc(O)ccc3F)cn2)CC1. The summed E-state index contributed by atoms with van der Waals surface area (Å²) in [6.45, 7) is 6.74. The fourth-order valence-corrected chi connectivity index (χ4v) is 3.05. The molecule has 2 aromatic rings. The molecule has 1 saturated heterocycles. The summed E-state index contributed by atoms with van der Waals surface area (Å²) in [6.07, 6.45) is 4.59. The highest BCUT2D eigenvalue weighted by atomic mass is 19.1. The Morgan fingerprint density at radius 1 is 1.31 bits per heavy atom. The number of aromatic nitrogens is 2. The maximum absolute atomic E-state index is 14.0. The van der Waals surface area contributed by atoms with Crippen LogP contribution in [-0.2, 0) is 4.74 Å². The van der Waals surface area contributed by atoms with Crippen molar-refractivity contribution in [3.8, 4) is 16.9 Å². The van der Waals surface area contributed by atoms with Gasteiger partial charge in [-0.15, -0.1) is 0 Å². The number of benzene rings is 1. The first-order valence-corrected chi connectivity index (χ1v) is 8.74. The zero-order chi connectivity index (χ0) is 18.9. The Bertz CT molecular complexity index is 790. The van der Waals surface area contributed by atoms with Gasteiger partial charge < -0.3 is 14.7 Å². The second-order valence-corrected chi connectivity index (χ2v) is 7.57. The molecule has 0 atom stereocenters. The molecule has 6 nitrogen and oxygen atoms in total. The van der Waals surface area contributed by atoms with Crippen molar-refractivity contribution < 1.29 is 19.0 Å². The molecule has 1 aromatic heterocycles. The van der Waals surface area contributed by atoms with Gasteiger partial charge in [-0.3, -0.25) is 4.68 Å². The Labute approximate surface area is 152 Å². The van der Waals surface area contributed by atoms with Gasteiger partial charge in [-0.2, -0.15) is 5.10 Å². The van der Waals surface area contributed by atoms with Crippen LogP contribution in [0, 0.1) is 5.82 Å². The van der Waals surface area contributed by atoms with Gasteiger partial charge in [0.25, 0.3) is 0 Å². The van der Waals surface area contributed by atoms with E-state index < -0.39 is 11.4 Å². The van der Waals surface area contributed by atoms with Crippen LogP contribution in [0.1, 0.15) is 39.7 Å². The maximum atomic E-state index is 14.0. The van der Waals surface area contributed by atoms with Gasteiger partial charge in [0.2, 0.25) is 0 Å². The number of hydrogen-bond acceptors (Lipinski definition) is 4. The Balaban J connectivity index is 1.65. The van der Waals surface area contributed by atoms with E-state index in [0.29, 0.717) is 24.2 Å². The minimum atomic E-state index is -0.504. The molecule has 0 bridgehead atoms. The van der Waals surface area contributed by atoms with E-state index in [0.717, 1.165) is 12.8 Å². The average Bonchev–Trinajstić information content (AvgIpc) is 3.05. The van der Waals surface area contributed by atoms with Crippen molar-refractivity contribution in [3.63, 3.8) is 0 Å². The fourth-order valence-electron chi connectivity index (χ4n) is 3.05. The molecule has 0 radical (unpaired) electrons. The molecule has 2 heterocycles. The number of likely N-dealkylation sites (tertiary alicyclic amines) is 1. The summed E-state index contributed by atoms with van der Waals surface area (Å²) in [5.74, 6) is -0.387. The second kappa shape index (κ2) is 6.97. The molecular formula is C19H24FN3O3. The molecule has 0 unspecified atom stereocenters. The zero-order valence-corrected chi connectivity index (χ0v) is 15.3. The van der Waals surface area contributed by atoms with Crippen LogP contribution < -0.4 is 0 Å². The highest BCUT2D eigenvalue weighted by Crippen LogP contribution is 2.29. The molecule has 0 aliphatic carbocycles. The highest BCUT2D eigenvalue weighted by molar-refractivity contribution is 5.68. The topological polar surface area (TPSA) is 67.6 Å². The third-order valence-corrected chi connectivity index (χ3v) is 4.35. The van der Waals surface area contributed by atoms with Crippen molar-refractivity contribution in [3.05, 3.63) is 36.4 Å². The highest BCUT2D eigenvalue weighted by Gasteiger charge is 2.28. The van der Waals surface area contributed by atoms with Crippen LogP contribution in [0.25, 0.3) is 11.1 Å². The monoisotopic (exact) mass is 361 g/mol. The molecule has 1 fully saturated rings.